The Balaban J connectivity index is 1.76. The Morgan fingerprint density at radius 1 is 1.31 bits per heavy atom. The molecule has 2 aliphatic heterocycles. The molecule has 1 aromatic rings. The molecule has 0 bridgehead atoms. The van der Waals surface area contributed by atoms with E-state index in [1.807, 2.05) is 45.0 Å². The van der Waals surface area contributed by atoms with Gasteiger partial charge in [-0.2, -0.15) is 4.99 Å². The highest BCUT2D eigenvalue weighted by Crippen LogP contribution is 2.34. The van der Waals surface area contributed by atoms with Crippen molar-refractivity contribution in [2.45, 2.75) is 33.0 Å². The molecule has 1 amide bonds. The number of morpholine rings is 1. The molecule has 3 rings (SSSR count). The van der Waals surface area contributed by atoms with Crippen LogP contribution in [0.3, 0.4) is 0 Å². The van der Waals surface area contributed by atoms with E-state index in [2.05, 4.69) is 9.89 Å². The van der Waals surface area contributed by atoms with Gasteiger partial charge in [-0.15, -0.1) is 0 Å². The van der Waals surface area contributed by atoms with Gasteiger partial charge in [0.05, 0.1) is 30.8 Å². The van der Waals surface area contributed by atoms with Crippen molar-refractivity contribution in [2.24, 2.45) is 4.99 Å². The topological polar surface area (TPSA) is 60.4 Å². The standard InChI is InChI=1S/C19H24N2O4S/c1-5-24-15-7-6-14(8-16(15)23-4)9-17-18(22)20-19(26-17)21-10-12(2)25-13(3)11-21/h6-9,12-13H,5,10-11H2,1-4H3/b17-9-/t12-,13+. The number of methoxy groups -OCH3 is 1. The summed E-state index contributed by atoms with van der Waals surface area (Å²) in [6.45, 7) is 8.05. The maximum absolute atomic E-state index is 12.3. The highest BCUT2D eigenvalue weighted by molar-refractivity contribution is 8.18. The van der Waals surface area contributed by atoms with Crippen LogP contribution in [0.2, 0.25) is 0 Å². The lowest BCUT2D eigenvalue weighted by atomic mass is 10.2. The van der Waals surface area contributed by atoms with E-state index in [1.54, 1.807) is 7.11 Å². The van der Waals surface area contributed by atoms with Crippen molar-refractivity contribution in [1.82, 2.24) is 4.90 Å². The quantitative estimate of drug-likeness (QED) is 0.752. The lowest BCUT2D eigenvalue weighted by Gasteiger charge is -2.35. The zero-order chi connectivity index (χ0) is 18.7. The summed E-state index contributed by atoms with van der Waals surface area (Å²) in [7, 11) is 1.60. The second-order valence-electron chi connectivity index (χ2n) is 6.32. The number of carbonyl (C=O) groups is 1. The number of hydrogen-bond acceptors (Lipinski definition) is 6. The Hall–Kier alpha value is -1.99. The fraction of sp³-hybridized carbons (Fsp3) is 0.474. The van der Waals surface area contributed by atoms with Gasteiger partial charge in [0.1, 0.15) is 0 Å². The Labute approximate surface area is 158 Å². The Morgan fingerprint density at radius 2 is 2.04 bits per heavy atom. The molecule has 7 heteroatoms. The lowest BCUT2D eigenvalue weighted by Crippen LogP contribution is -2.47. The van der Waals surface area contributed by atoms with Crippen LogP contribution in [0, 0.1) is 0 Å². The summed E-state index contributed by atoms with van der Waals surface area (Å²) in [5.74, 6) is 1.13. The predicted molar refractivity (Wildman–Crippen MR) is 104 cm³/mol. The summed E-state index contributed by atoms with van der Waals surface area (Å²) in [5.41, 5.74) is 0.876. The third-order valence-corrected chi connectivity index (χ3v) is 5.13. The molecule has 140 valence electrons. The second-order valence-corrected chi connectivity index (χ2v) is 7.32. The second kappa shape index (κ2) is 8.14. The molecule has 0 aromatic heterocycles. The van der Waals surface area contributed by atoms with E-state index in [-0.39, 0.29) is 18.1 Å². The van der Waals surface area contributed by atoms with Crippen molar-refractivity contribution in [3.63, 3.8) is 0 Å². The molecule has 2 heterocycles. The number of benzene rings is 1. The van der Waals surface area contributed by atoms with Crippen LogP contribution in [0.15, 0.2) is 28.1 Å². The van der Waals surface area contributed by atoms with Gasteiger partial charge in [0, 0.05) is 13.1 Å². The third-order valence-electron chi connectivity index (χ3n) is 4.08. The minimum Gasteiger partial charge on any atom is -0.493 e. The number of amides is 1. The summed E-state index contributed by atoms with van der Waals surface area (Å²) in [5, 5.41) is 0.751. The van der Waals surface area contributed by atoms with Gasteiger partial charge in [-0.05, 0) is 56.3 Å². The van der Waals surface area contributed by atoms with Gasteiger partial charge in [0.15, 0.2) is 16.7 Å². The molecule has 2 aliphatic rings. The van der Waals surface area contributed by atoms with Crippen LogP contribution in [0.1, 0.15) is 26.3 Å². The van der Waals surface area contributed by atoms with Gasteiger partial charge in [-0.3, -0.25) is 4.79 Å². The van der Waals surface area contributed by atoms with E-state index in [0.29, 0.717) is 23.0 Å². The maximum atomic E-state index is 12.3. The fourth-order valence-electron chi connectivity index (χ4n) is 3.07. The molecule has 1 saturated heterocycles. The van der Waals surface area contributed by atoms with E-state index < -0.39 is 0 Å². The normalized spacial score (nSPS) is 24.8. The first-order valence-electron chi connectivity index (χ1n) is 8.74. The number of amidine groups is 1. The zero-order valence-corrected chi connectivity index (χ0v) is 16.3. The van der Waals surface area contributed by atoms with E-state index in [0.717, 1.165) is 23.8 Å². The lowest BCUT2D eigenvalue weighted by molar-refractivity contribution is -0.113. The summed E-state index contributed by atoms with van der Waals surface area (Å²) < 4.78 is 16.7. The van der Waals surface area contributed by atoms with Gasteiger partial charge in [0.25, 0.3) is 5.91 Å². The molecule has 0 aliphatic carbocycles. The van der Waals surface area contributed by atoms with Crippen LogP contribution in [-0.2, 0) is 9.53 Å². The predicted octanol–water partition coefficient (Wildman–Crippen LogP) is 3.17. The molecule has 1 aromatic carbocycles. The maximum Gasteiger partial charge on any atom is 0.286 e. The summed E-state index contributed by atoms with van der Waals surface area (Å²) in [4.78, 5) is 19.3. The summed E-state index contributed by atoms with van der Waals surface area (Å²) >= 11 is 1.41. The van der Waals surface area contributed by atoms with Crippen LogP contribution in [0.25, 0.3) is 6.08 Å². The van der Waals surface area contributed by atoms with Crippen molar-refractivity contribution < 1.29 is 19.0 Å². The largest absolute Gasteiger partial charge is 0.493 e. The molecule has 26 heavy (non-hydrogen) atoms. The minimum absolute atomic E-state index is 0.126. The average molecular weight is 376 g/mol. The van der Waals surface area contributed by atoms with Crippen molar-refractivity contribution in [2.75, 3.05) is 26.8 Å². The smallest absolute Gasteiger partial charge is 0.286 e. The average Bonchev–Trinajstić information content (AvgIpc) is 2.96. The van der Waals surface area contributed by atoms with Gasteiger partial charge < -0.3 is 19.1 Å². The number of hydrogen-bond donors (Lipinski definition) is 0. The van der Waals surface area contributed by atoms with Crippen molar-refractivity contribution in [3.05, 3.63) is 28.7 Å². The highest BCUT2D eigenvalue weighted by Gasteiger charge is 2.31. The number of rotatable bonds is 4. The van der Waals surface area contributed by atoms with Crippen molar-refractivity contribution >= 4 is 28.9 Å². The SMILES string of the molecule is CCOc1ccc(/C=C2\SC(N3C[C@@H](C)O[C@@H](C)C3)=NC2=O)cc1OC. The van der Waals surface area contributed by atoms with Crippen LogP contribution in [0.5, 0.6) is 11.5 Å². The molecule has 1 fully saturated rings. The first kappa shape index (κ1) is 18.8. The van der Waals surface area contributed by atoms with Gasteiger partial charge in [-0.1, -0.05) is 6.07 Å². The molecule has 0 radical (unpaired) electrons. The third kappa shape index (κ3) is 4.22. The van der Waals surface area contributed by atoms with Crippen molar-refractivity contribution in [1.29, 1.82) is 0 Å². The molecule has 2 atom stereocenters. The van der Waals surface area contributed by atoms with Crippen LogP contribution >= 0.6 is 11.8 Å². The Kier molecular flexibility index (Phi) is 5.88. The monoisotopic (exact) mass is 376 g/mol. The first-order chi connectivity index (χ1) is 12.5. The number of carbonyl (C=O) groups excluding carboxylic acids is 1. The fourth-order valence-corrected chi connectivity index (χ4v) is 4.00. The number of nitrogens with zero attached hydrogens (tertiary/aromatic N) is 2. The van der Waals surface area contributed by atoms with E-state index in [9.17, 15) is 4.79 Å². The molecule has 0 saturated carbocycles. The van der Waals surface area contributed by atoms with E-state index in [1.165, 1.54) is 11.8 Å². The summed E-state index contributed by atoms with van der Waals surface area (Å²) in [6.07, 6.45) is 2.09. The molecule has 0 unspecified atom stereocenters. The zero-order valence-electron chi connectivity index (χ0n) is 15.5. The van der Waals surface area contributed by atoms with Gasteiger partial charge in [0.2, 0.25) is 0 Å². The summed E-state index contributed by atoms with van der Waals surface area (Å²) in [6, 6.07) is 5.62. The number of aliphatic imine (C=N–C) groups is 1. The van der Waals surface area contributed by atoms with Gasteiger partial charge >= 0.3 is 0 Å². The highest BCUT2D eigenvalue weighted by atomic mass is 32.2. The molecule has 0 spiro atoms. The number of thioether (sulfide) groups is 1. The van der Waals surface area contributed by atoms with Gasteiger partial charge in [-0.25, -0.2) is 0 Å². The van der Waals surface area contributed by atoms with Crippen LogP contribution in [-0.4, -0.2) is 55.0 Å². The van der Waals surface area contributed by atoms with E-state index >= 15 is 0 Å². The Morgan fingerprint density at radius 3 is 2.69 bits per heavy atom. The van der Waals surface area contributed by atoms with Crippen LogP contribution < -0.4 is 9.47 Å². The molecule has 0 N–H and O–H groups in total. The van der Waals surface area contributed by atoms with E-state index in [4.69, 9.17) is 14.2 Å². The first-order valence-corrected chi connectivity index (χ1v) is 9.55. The Bertz CT molecular complexity index is 737. The molecular weight excluding hydrogens is 352 g/mol. The van der Waals surface area contributed by atoms with Crippen LogP contribution in [0.4, 0.5) is 0 Å². The molecular formula is C19H24N2O4S. The number of ether oxygens (including phenoxy) is 3. The molecule has 6 nitrogen and oxygen atoms in total. The minimum atomic E-state index is -0.204. The van der Waals surface area contributed by atoms with Crippen molar-refractivity contribution in [3.8, 4) is 11.5 Å².